The van der Waals surface area contributed by atoms with Gasteiger partial charge in [0.2, 0.25) is 0 Å². The fraction of sp³-hybridized carbons (Fsp3) is 0.286. The Morgan fingerprint density at radius 1 is 1.27 bits per heavy atom. The monoisotopic (exact) mass is 354 g/mol. The summed E-state index contributed by atoms with van der Waals surface area (Å²) in [5, 5.41) is 19.6. The molecule has 1 aliphatic rings. The van der Waals surface area contributed by atoms with E-state index in [4.69, 9.17) is 9.47 Å². The lowest BCUT2D eigenvalue weighted by molar-refractivity contribution is 0.0892. The third kappa shape index (κ3) is 3.38. The van der Waals surface area contributed by atoms with Crippen LogP contribution in [-0.4, -0.2) is 29.7 Å². The number of hydrogen-bond acceptors (Lipinski definition) is 5. The average Bonchev–Trinajstić information content (AvgIpc) is 2.59. The molecule has 0 aliphatic carbocycles. The molecule has 0 saturated heterocycles. The highest BCUT2D eigenvalue weighted by molar-refractivity contribution is 6.06. The molecule has 5 heteroatoms. The number of aromatic hydroxyl groups is 2. The number of allylic oxidation sites excluding steroid dienone is 2. The highest BCUT2D eigenvalue weighted by Crippen LogP contribution is 2.40. The minimum absolute atomic E-state index is 0.112. The second kappa shape index (κ2) is 7.12. The normalized spacial score (nSPS) is 15.8. The summed E-state index contributed by atoms with van der Waals surface area (Å²) in [6.07, 6.45) is 2.81. The van der Waals surface area contributed by atoms with Gasteiger partial charge < -0.3 is 19.7 Å². The SMILES string of the molecule is COc1ccc(C2COc3cc(O)cc(O)c3C2=O)cc1CC=C(C)C. The van der Waals surface area contributed by atoms with Crippen LogP contribution in [0.25, 0.3) is 0 Å². The van der Waals surface area contributed by atoms with E-state index < -0.39 is 5.92 Å². The van der Waals surface area contributed by atoms with Gasteiger partial charge in [0.1, 0.15) is 35.2 Å². The van der Waals surface area contributed by atoms with E-state index in [1.165, 1.54) is 11.6 Å². The summed E-state index contributed by atoms with van der Waals surface area (Å²) in [6.45, 7) is 4.22. The number of ether oxygens (including phenoxy) is 2. The van der Waals surface area contributed by atoms with E-state index in [1.807, 2.05) is 32.0 Å². The maximum Gasteiger partial charge on any atom is 0.181 e. The summed E-state index contributed by atoms with van der Waals surface area (Å²) in [6, 6.07) is 8.14. The summed E-state index contributed by atoms with van der Waals surface area (Å²) in [5.41, 5.74) is 3.11. The number of benzene rings is 2. The van der Waals surface area contributed by atoms with Crippen molar-refractivity contribution in [1.82, 2.24) is 0 Å². The molecule has 2 aromatic carbocycles. The topological polar surface area (TPSA) is 76.0 Å². The number of rotatable bonds is 4. The Morgan fingerprint density at radius 3 is 2.73 bits per heavy atom. The zero-order chi connectivity index (χ0) is 18.8. The van der Waals surface area contributed by atoms with Crippen LogP contribution in [0, 0.1) is 0 Å². The first kappa shape index (κ1) is 17.9. The number of methoxy groups -OCH3 is 1. The molecule has 0 spiro atoms. The molecular weight excluding hydrogens is 332 g/mol. The molecule has 0 aromatic heterocycles. The van der Waals surface area contributed by atoms with Gasteiger partial charge in [0.05, 0.1) is 13.0 Å². The van der Waals surface area contributed by atoms with Gasteiger partial charge in [0.25, 0.3) is 0 Å². The van der Waals surface area contributed by atoms with Crippen molar-refractivity contribution in [2.75, 3.05) is 13.7 Å². The third-order valence-electron chi connectivity index (χ3n) is 4.47. The van der Waals surface area contributed by atoms with Crippen LogP contribution in [0.1, 0.15) is 41.3 Å². The van der Waals surface area contributed by atoms with Crippen LogP contribution in [0.2, 0.25) is 0 Å². The van der Waals surface area contributed by atoms with Crippen molar-refractivity contribution in [3.63, 3.8) is 0 Å². The largest absolute Gasteiger partial charge is 0.508 e. The van der Waals surface area contributed by atoms with Gasteiger partial charge in [-0.1, -0.05) is 23.8 Å². The fourth-order valence-corrected chi connectivity index (χ4v) is 3.11. The zero-order valence-corrected chi connectivity index (χ0v) is 15.1. The molecule has 1 heterocycles. The Kier molecular flexibility index (Phi) is 4.89. The molecule has 2 N–H and O–H groups in total. The molecule has 1 unspecified atom stereocenters. The minimum atomic E-state index is -0.519. The predicted molar refractivity (Wildman–Crippen MR) is 98.5 cm³/mol. The summed E-state index contributed by atoms with van der Waals surface area (Å²) < 4.78 is 11.1. The number of phenols is 2. The molecular formula is C21H22O5. The molecule has 1 atom stereocenters. The van der Waals surface area contributed by atoms with E-state index in [1.54, 1.807) is 7.11 Å². The Bertz CT molecular complexity index is 878. The number of hydrogen-bond donors (Lipinski definition) is 2. The van der Waals surface area contributed by atoms with Crippen LogP contribution < -0.4 is 9.47 Å². The Hall–Kier alpha value is -2.95. The Balaban J connectivity index is 1.98. The van der Waals surface area contributed by atoms with E-state index in [2.05, 4.69) is 6.08 Å². The first-order valence-corrected chi connectivity index (χ1v) is 8.44. The number of carbonyl (C=O) groups excluding carboxylic acids is 1. The first-order valence-electron chi connectivity index (χ1n) is 8.44. The van der Waals surface area contributed by atoms with Crippen molar-refractivity contribution in [3.8, 4) is 23.0 Å². The fourth-order valence-electron chi connectivity index (χ4n) is 3.11. The molecule has 0 radical (unpaired) electrons. The quantitative estimate of drug-likeness (QED) is 0.813. The van der Waals surface area contributed by atoms with Crippen molar-refractivity contribution >= 4 is 5.78 Å². The van der Waals surface area contributed by atoms with Crippen molar-refractivity contribution in [2.45, 2.75) is 26.2 Å². The van der Waals surface area contributed by atoms with Crippen molar-refractivity contribution < 1.29 is 24.5 Å². The highest BCUT2D eigenvalue weighted by atomic mass is 16.5. The van der Waals surface area contributed by atoms with E-state index in [0.717, 1.165) is 22.9 Å². The van der Waals surface area contributed by atoms with Crippen LogP contribution in [0.3, 0.4) is 0 Å². The zero-order valence-electron chi connectivity index (χ0n) is 15.1. The summed E-state index contributed by atoms with van der Waals surface area (Å²) in [7, 11) is 1.62. The third-order valence-corrected chi connectivity index (χ3v) is 4.47. The van der Waals surface area contributed by atoms with E-state index in [9.17, 15) is 15.0 Å². The number of ketones is 1. The molecule has 3 rings (SSSR count). The van der Waals surface area contributed by atoms with Crippen LogP contribution in [-0.2, 0) is 6.42 Å². The average molecular weight is 354 g/mol. The minimum Gasteiger partial charge on any atom is -0.508 e. The van der Waals surface area contributed by atoms with Gasteiger partial charge in [-0.05, 0) is 37.5 Å². The second-order valence-electron chi connectivity index (χ2n) is 6.62. The molecule has 0 saturated carbocycles. The lowest BCUT2D eigenvalue weighted by Crippen LogP contribution is -2.26. The van der Waals surface area contributed by atoms with E-state index in [0.29, 0.717) is 6.42 Å². The maximum atomic E-state index is 12.9. The summed E-state index contributed by atoms with van der Waals surface area (Å²) >= 11 is 0. The van der Waals surface area contributed by atoms with Gasteiger partial charge in [-0.3, -0.25) is 4.79 Å². The van der Waals surface area contributed by atoms with Gasteiger partial charge in [0.15, 0.2) is 5.78 Å². The first-order chi connectivity index (χ1) is 12.4. The predicted octanol–water partition coefficient (Wildman–Crippen LogP) is 3.97. The van der Waals surface area contributed by atoms with Gasteiger partial charge in [0, 0.05) is 12.1 Å². The van der Waals surface area contributed by atoms with Crippen LogP contribution >= 0.6 is 0 Å². The lowest BCUT2D eigenvalue weighted by Gasteiger charge is -2.25. The Labute approximate surface area is 152 Å². The summed E-state index contributed by atoms with van der Waals surface area (Å²) in [5.74, 6) is -0.170. The molecule has 2 aromatic rings. The number of carbonyl (C=O) groups is 1. The van der Waals surface area contributed by atoms with Gasteiger partial charge in [-0.2, -0.15) is 0 Å². The molecule has 5 nitrogen and oxygen atoms in total. The highest BCUT2D eigenvalue weighted by Gasteiger charge is 2.33. The van der Waals surface area contributed by atoms with E-state index >= 15 is 0 Å². The van der Waals surface area contributed by atoms with Crippen LogP contribution in [0.5, 0.6) is 23.0 Å². The van der Waals surface area contributed by atoms with Crippen LogP contribution in [0.15, 0.2) is 42.0 Å². The van der Waals surface area contributed by atoms with Gasteiger partial charge in [-0.15, -0.1) is 0 Å². The number of fused-ring (bicyclic) bond motifs is 1. The van der Waals surface area contributed by atoms with Gasteiger partial charge in [-0.25, -0.2) is 0 Å². The second-order valence-corrected chi connectivity index (χ2v) is 6.62. The molecule has 0 bridgehead atoms. The standard InChI is InChI=1S/C21H22O5/c1-12(2)4-5-14-8-13(6-7-18(14)25-3)16-11-26-19-10-15(22)9-17(23)20(19)21(16)24/h4,6-10,16,22-23H,5,11H2,1-3H3. The number of phenolic OH excluding ortho intramolecular Hbond substituents is 2. The molecule has 26 heavy (non-hydrogen) atoms. The number of Topliss-reactive ketones (excluding diaryl/α,β-unsaturated/α-hetero) is 1. The van der Waals surface area contributed by atoms with Crippen molar-refractivity contribution in [3.05, 3.63) is 58.7 Å². The summed E-state index contributed by atoms with van der Waals surface area (Å²) in [4.78, 5) is 12.9. The smallest absolute Gasteiger partial charge is 0.181 e. The van der Waals surface area contributed by atoms with Crippen LogP contribution in [0.4, 0.5) is 0 Å². The van der Waals surface area contributed by atoms with Gasteiger partial charge >= 0.3 is 0 Å². The molecule has 136 valence electrons. The molecule has 0 amide bonds. The maximum absolute atomic E-state index is 12.9. The lowest BCUT2D eigenvalue weighted by atomic mass is 9.87. The molecule has 0 fully saturated rings. The van der Waals surface area contributed by atoms with E-state index in [-0.39, 0.29) is 35.2 Å². The Morgan fingerprint density at radius 2 is 2.04 bits per heavy atom. The van der Waals surface area contributed by atoms with Crippen molar-refractivity contribution in [2.24, 2.45) is 0 Å². The van der Waals surface area contributed by atoms with Crippen molar-refractivity contribution in [1.29, 1.82) is 0 Å². The molecule has 1 aliphatic heterocycles.